The van der Waals surface area contributed by atoms with Crippen LogP contribution >= 0.6 is 39.0 Å². The van der Waals surface area contributed by atoms with E-state index in [1.54, 1.807) is 54.6 Å². The second-order valence-electron chi connectivity index (χ2n) is 9.66. The van der Waals surface area contributed by atoms with Crippen molar-refractivity contribution in [2.45, 2.75) is 28.9 Å². The lowest BCUT2D eigenvalue weighted by molar-refractivity contribution is -0.137. The molecule has 0 spiro atoms. The highest BCUT2D eigenvalue weighted by molar-refractivity contribution is 9.10. The first-order chi connectivity index (χ1) is 20.0. The summed E-state index contributed by atoms with van der Waals surface area (Å²) in [5.74, 6) is -3.92. The highest BCUT2D eigenvalue weighted by atomic mass is 79.9. The third-order valence-corrected chi connectivity index (χ3v) is 10.2. The molecule has 2 unspecified atom stereocenters. The van der Waals surface area contributed by atoms with Crippen LogP contribution in [0.3, 0.4) is 0 Å². The summed E-state index contributed by atoms with van der Waals surface area (Å²) in [5, 5.41) is 1.96. The van der Waals surface area contributed by atoms with Gasteiger partial charge in [0.1, 0.15) is 11.8 Å². The third-order valence-electron chi connectivity index (χ3n) is 7.09. The molecule has 2 aliphatic rings. The molecule has 7 nitrogen and oxygen atoms in total. The van der Waals surface area contributed by atoms with Crippen molar-refractivity contribution in [2.75, 3.05) is 10.2 Å². The van der Waals surface area contributed by atoms with Gasteiger partial charge in [-0.05, 0) is 42.0 Å². The van der Waals surface area contributed by atoms with E-state index in [-0.39, 0.29) is 6.54 Å². The minimum Gasteiger partial charge on any atom is -0.325 e. The molecule has 3 heterocycles. The Labute approximate surface area is 253 Å². The van der Waals surface area contributed by atoms with Crippen molar-refractivity contribution in [3.8, 4) is 0 Å². The SMILES string of the molecule is O=C(Cn1c2c(sc1=O)[C@H](c1ccc(Br)cc1)C1C(=O)N(c3ccccc3C(F)(F)F)C(=O)C1S2)Nc1ccccc1. The molecule has 0 radical (unpaired) electrons. The number of amides is 3. The van der Waals surface area contributed by atoms with Crippen LogP contribution in [0.2, 0.25) is 0 Å². The van der Waals surface area contributed by atoms with Gasteiger partial charge in [-0.25, -0.2) is 4.90 Å². The molecule has 13 heteroatoms. The predicted molar refractivity (Wildman–Crippen MR) is 157 cm³/mol. The van der Waals surface area contributed by atoms with Crippen molar-refractivity contribution in [3.63, 3.8) is 0 Å². The average molecular weight is 675 g/mol. The molecule has 42 heavy (non-hydrogen) atoms. The van der Waals surface area contributed by atoms with E-state index in [1.807, 2.05) is 0 Å². The number of carbonyl (C=O) groups is 3. The summed E-state index contributed by atoms with van der Waals surface area (Å²) in [6.45, 7) is -0.347. The van der Waals surface area contributed by atoms with Gasteiger partial charge < -0.3 is 5.32 Å². The number of rotatable bonds is 5. The van der Waals surface area contributed by atoms with Crippen LogP contribution < -0.4 is 15.1 Å². The number of nitrogens with one attached hydrogen (secondary N) is 1. The fourth-order valence-electron chi connectivity index (χ4n) is 5.30. The molecule has 1 fully saturated rings. The molecule has 1 saturated heterocycles. The van der Waals surface area contributed by atoms with Crippen molar-refractivity contribution in [3.05, 3.63) is 109 Å². The van der Waals surface area contributed by atoms with E-state index < -0.39 is 57.1 Å². The minimum absolute atomic E-state index is 0.342. The van der Waals surface area contributed by atoms with Gasteiger partial charge in [-0.15, -0.1) is 0 Å². The van der Waals surface area contributed by atoms with Crippen molar-refractivity contribution >= 4 is 68.1 Å². The number of alkyl halides is 3. The van der Waals surface area contributed by atoms with Crippen LogP contribution in [0.4, 0.5) is 24.5 Å². The maximum absolute atomic E-state index is 13.9. The number of benzene rings is 3. The van der Waals surface area contributed by atoms with Crippen molar-refractivity contribution in [1.29, 1.82) is 0 Å². The molecule has 0 aliphatic carbocycles. The van der Waals surface area contributed by atoms with Crippen molar-refractivity contribution in [2.24, 2.45) is 5.92 Å². The summed E-state index contributed by atoms with van der Waals surface area (Å²) in [4.78, 5) is 54.5. The van der Waals surface area contributed by atoms with Gasteiger partial charge in [0.25, 0.3) is 0 Å². The molecule has 3 atom stereocenters. The second-order valence-corrected chi connectivity index (χ2v) is 12.7. The van der Waals surface area contributed by atoms with Gasteiger partial charge in [-0.1, -0.05) is 81.5 Å². The lowest BCUT2D eigenvalue weighted by Crippen LogP contribution is -2.33. The number of hydrogen-bond acceptors (Lipinski definition) is 6. The number of carbonyl (C=O) groups excluding carboxylic acids is 3. The lowest BCUT2D eigenvalue weighted by Gasteiger charge is -2.30. The van der Waals surface area contributed by atoms with Crippen LogP contribution in [0.25, 0.3) is 0 Å². The summed E-state index contributed by atoms with van der Waals surface area (Å²) in [6.07, 6.45) is -4.80. The standard InChI is InChI=1S/C29H19BrF3N3O4S2/c30-16-12-10-15(11-13-16)21-22-23(26(39)36(25(22)38)19-9-5-4-8-18(19)29(31,32)33)41-27-24(21)42-28(40)35(27)14-20(37)34-17-6-2-1-3-7-17/h1-13,21-23H,14H2,(H,34,37)/t21-,22?,23?/m1/s1. The number of imide groups is 1. The van der Waals surface area contributed by atoms with Crippen LogP contribution in [0.1, 0.15) is 21.9 Å². The number of nitrogens with zero attached hydrogens (tertiary/aromatic N) is 2. The first kappa shape index (κ1) is 28.4. The number of thiazole rings is 1. The van der Waals surface area contributed by atoms with Crippen LogP contribution in [-0.4, -0.2) is 27.5 Å². The fourth-order valence-corrected chi connectivity index (χ4v) is 8.33. The van der Waals surface area contributed by atoms with Crippen LogP contribution in [0.5, 0.6) is 0 Å². The van der Waals surface area contributed by atoms with E-state index in [0.717, 1.165) is 39.7 Å². The fraction of sp³-hybridized carbons (Fsp3) is 0.172. The van der Waals surface area contributed by atoms with E-state index in [2.05, 4.69) is 21.2 Å². The van der Waals surface area contributed by atoms with Gasteiger partial charge >= 0.3 is 11.0 Å². The van der Waals surface area contributed by atoms with E-state index in [4.69, 9.17) is 0 Å². The molecule has 4 aromatic rings. The molecule has 3 aromatic carbocycles. The summed E-state index contributed by atoms with van der Waals surface area (Å²) >= 11 is 5.18. The average Bonchev–Trinajstić information content (AvgIpc) is 3.39. The molecule has 0 saturated carbocycles. The number of anilines is 2. The molecule has 214 valence electrons. The topological polar surface area (TPSA) is 88.5 Å². The zero-order chi connectivity index (χ0) is 29.8. The zero-order valence-electron chi connectivity index (χ0n) is 21.3. The molecule has 1 aromatic heterocycles. The predicted octanol–water partition coefficient (Wildman–Crippen LogP) is 6.13. The maximum atomic E-state index is 13.9. The van der Waals surface area contributed by atoms with Crippen molar-refractivity contribution in [1.82, 2.24) is 4.57 Å². The lowest BCUT2D eigenvalue weighted by atomic mass is 9.83. The summed E-state index contributed by atoms with van der Waals surface area (Å²) in [5.41, 5.74) is -0.480. The number of halogens is 4. The zero-order valence-corrected chi connectivity index (χ0v) is 24.5. The van der Waals surface area contributed by atoms with Gasteiger partial charge in [0.2, 0.25) is 17.7 Å². The number of thioether (sulfide) groups is 1. The van der Waals surface area contributed by atoms with E-state index in [0.29, 0.717) is 26.1 Å². The first-order valence-electron chi connectivity index (χ1n) is 12.6. The molecular formula is C29H19BrF3N3O4S2. The highest BCUT2D eigenvalue weighted by Crippen LogP contribution is 2.54. The van der Waals surface area contributed by atoms with E-state index in [9.17, 15) is 32.3 Å². The Morgan fingerprint density at radius 1 is 0.905 bits per heavy atom. The Bertz CT molecular complexity index is 1770. The molecule has 0 bridgehead atoms. The summed E-state index contributed by atoms with van der Waals surface area (Å²) < 4.78 is 43.8. The number of fused-ring (bicyclic) bond motifs is 2. The number of aromatic nitrogens is 1. The normalized spacial score (nSPS) is 19.9. The third kappa shape index (κ3) is 4.99. The Hall–Kier alpha value is -3.68. The van der Waals surface area contributed by atoms with Gasteiger partial charge in [0.15, 0.2) is 0 Å². The Morgan fingerprint density at radius 2 is 1.57 bits per heavy atom. The van der Waals surface area contributed by atoms with Crippen LogP contribution in [0, 0.1) is 5.92 Å². The quantitative estimate of drug-likeness (QED) is 0.258. The Balaban J connectivity index is 1.44. The number of para-hydroxylation sites is 2. The van der Waals surface area contributed by atoms with Crippen LogP contribution in [-0.2, 0) is 27.1 Å². The summed E-state index contributed by atoms with van der Waals surface area (Å²) in [7, 11) is 0. The monoisotopic (exact) mass is 673 g/mol. The minimum atomic E-state index is -4.80. The largest absolute Gasteiger partial charge is 0.418 e. The number of hydrogen-bond donors (Lipinski definition) is 1. The Morgan fingerprint density at radius 3 is 2.26 bits per heavy atom. The highest BCUT2D eigenvalue weighted by Gasteiger charge is 2.57. The Kier molecular flexibility index (Phi) is 7.36. The maximum Gasteiger partial charge on any atom is 0.418 e. The van der Waals surface area contributed by atoms with Gasteiger partial charge in [-0.2, -0.15) is 13.2 Å². The molecular weight excluding hydrogens is 655 g/mol. The molecule has 6 rings (SSSR count). The van der Waals surface area contributed by atoms with Gasteiger partial charge in [0, 0.05) is 21.0 Å². The van der Waals surface area contributed by atoms with Gasteiger partial charge in [-0.3, -0.25) is 23.7 Å². The van der Waals surface area contributed by atoms with Gasteiger partial charge in [0.05, 0.1) is 22.2 Å². The first-order valence-corrected chi connectivity index (χ1v) is 15.1. The molecule has 2 aliphatic heterocycles. The smallest absolute Gasteiger partial charge is 0.325 e. The van der Waals surface area contributed by atoms with Crippen molar-refractivity contribution < 1.29 is 27.6 Å². The van der Waals surface area contributed by atoms with E-state index >= 15 is 0 Å². The van der Waals surface area contributed by atoms with Crippen LogP contribution in [0.15, 0.2) is 93.2 Å². The summed E-state index contributed by atoms with van der Waals surface area (Å²) in [6, 6.07) is 20.1. The second kappa shape index (κ2) is 10.9. The van der Waals surface area contributed by atoms with E-state index in [1.165, 1.54) is 16.7 Å². The molecule has 1 N–H and O–H groups in total. The molecule has 3 amide bonds.